The van der Waals surface area contributed by atoms with Crippen molar-refractivity contribution in [3.8, 4) is 39.5 Å². The van der Waals surface area contributed by atoms with Gasteiger partial charge in [-0.25, -0.2) is 9.97 Å². The van der Waals surface area contributed by atoms with E-state index in [1.165, 1.54) is 0 Å². The van der Waals surface area contributed by atoms with Crippen LogP contribution in [0.3, 0.4) is 0 Å². The third-order valence-corrected chi connectivity index (χ3v) is 6.27. The number of phenols is 1. The van der Waals surface area contributed by atoms with Gasteiger partial charge in [-0.2, -0.15) is 0 Å². The van der Waals surface area contributed by atoms with Gasteiger partial charge in [-0.15, -0.1) is 0 Å². The minimum Gasteiger partial charge on any atom is -0.507 e. The third kappa shape index (κ3) is 4.61. The number of anilines is 3. The van der Waals surface area contributed by atoms with E-state index in [9.17, 15) is 5.11 Å². The predicted molar refractivity (Wildman–Crippen MR) is 152 cm³/mol. The van der Waals surface area contributed by atoms with Crippen LogP contribution >= 0.6 is 0 Å². The molecule has 0 atom stereocenters. The Balaban J connectivity index is 1.49. The number of rotatable bonds is 6. The standard InChI is InChI=1S/C33H24N4O/c38-30-19-8-7-18-28(30)33-32(24-12-3-1-4-13-24)35-23-29(36-33)25-14-11-17-27(22-25)37(26-15-5-2-6-16-26)31-20-9-10-21-34-31/h1-23,38H. The Morgan fingerprint density at radius 3 is 2.00 bits per heavy atom. The van der Waals surface area contributed by atoms with Crippen LogP contribution in [0.4, 0.5) is 17.2 Å². The summed E-state index contributed by atoms with van der Waals surface area (Å²) in [6.45, 7) is 0. The van der Waals surface area contributed by atoms with Crippen molar-refractivity contribution >= 4 is 17.2 Å². The number of para-hydroxylation sites is 2. The van der Waals surface area contributed by atoms with Crippen molar-refractivity contribution in [2.45, 2.75) is 0 Å². The van der Waals surface area contributed by atoms with Crippen LogP contribution in [0, 0.1) is 0 Å². The van der Waals surface area contributed by atoms with Gasteiger partial charge >= 0.3 is 0 Å². The molecule has 0 spiro atoms. The Morgan fingerprint density at radius 2 is 1.24 bits per heavy atom. The van der Waals surface area contributed by atoms with E-state index in [4.69, 9.17) is 9.97 Å². The maximum atomic E-state index is 10.7. The van der Waals surface area contributed by atoms with Gasteiger partial charge in [-0.1, -0.05) is 78.9 Å². The number of pyridine rings is 1. The predicted octanol–water partition coefficient (Wildman–Crippen LogP) is 8.05. The molecule has 0 aliphatic heterocycles. The number of phenolic OH excluding ortho intramolecular Hbond substituents is 1. The SMILES string of the molecule is Oc1ccccc1-c1nc(-c2cccc(N(c3ccccc3)c3ccccn3)c2)cnc1-c1ccccc1. The lowest BCUT2D eigenvalue weighted by molar-refractivity contribution is 0.477. The molecule has 0 saturated heterocycles. The molecule has 4 aromatic carbocycles. The summed E-state index contributed by atoms with van der Waals surface area (Å²) in [6, 6.07) is 41.3. The second-order valence-electron chi connectivity index (χ2n) is 8.74. The molecule has 5 nitrogen and oxygen atoms in total. The molecular weight excluding hydrogens is 468 g/mol. The molecule has 5 heteroatoms. The monoisotopic (exact) mass is 492 g/mol. The molecule has 6 aromatic rings. The van der Waals surface area contributed by atoms with E-state index in [1.807, 2.05) is 91.0 Å². The van der Waals surface area contributed by atoms with Gasteiger partial charge < -0.3 is 5.11 Å². The van der Waals surface area contributed by atoms with Crippen LogP contribution in [-0.4, -0.2) is 20.1 Å². The van der Waals surface area contributed by atoms with Crippen LogP contribution in [-0.2, 0) is 0 Å². The maximum absolute atomic E-state index is 10.7. The van der Waals surface area contributed by atoms with Crippen molar-refractivity contribution in [3.05, 3.63) is 140 Å². The van der Waals surface area contributed by atoms with Crippen LogP contribution in [0.2, 0.25) is 0 Å². The Bertz CT molecular complexity index is 1630. The first-order valence-electron chi connectivity index (χ1n) is 12.4. The van der Waals surface area contributed by atoms with Gasteiger partial charge in [-0.3, -0.25) is 9.88 Å². The molecule has 182 valence electrons. The second kappa shape index (κ2) is 10.4. The molecule has 2 heterocycles. The van der Waals surface area contributed by atoms with Crippen LogP contribution < -0.4 is 4.90 Å². The summed E-state index contributed by atoms with van der Waals surface area (Å²) in [4.78, 5) is 16.6. The molecule has 6 rings (SSSR count). The van der Waals surface area contributed by atoms with E-state index >= 15 is 0 Å². The topological polar surface area (TPSA) is 62.1 Å². The number of aromatic nitrogens is 3. The lowest BCUT2D eigenvalue weighted by atomic mass is 10.0. The Kier molecular flexibility index (Phi) is 6.31. The molecule has 1 N–H and O–H groups in total. The minimum absolute atomic E-state index is 0.162. The van der Waals surface area contributed by atoms with Gasteiger partial charge in [0.1, 0.15) is 17.3 Å². The average molecular weight is 493 g/mol. The van der Waals surface area contributed by atoms with E-state index in [1.54, 1.807) is 24.5 Å². The van der Waals surface area contributed by atoms with E-state index in [-0.39, 0.29) is 5.75 Å². The van der Waals surface area contributed by atoms with Gasteiger partial charge in [0.25, 0.3) is 0 Å². The highest BCUT2D eigenvalue weighted by Crippen LogP contribution is 2.38. The summed E-state index contributed by atoms with van der Waals surface area (Å²) in [6.07, 6.45) is 3.58. The molecule has 0 amide bonds. The maximum Gasteiger partial charge on any atom is 0.137 e. The largest absolute Gasteiger partial charge is 0.507 e. The highest BCUT2D eigenvalue weighted by atomic mass is 16.3. The summed E-state index contributed by atoms with van der Waals surface area (Å²) >= 11 is 0. The first-order chi connectivity index (χ1) is 18.8. The van der Waals surface area contributed by atoms with Crippen LogP contribution in [0.5, 0.6) is 5.75 Å². The number of aromatic hydroxyl groups is 1. The van der Waals surface area contributed by atoms with Crippen LogP contribution in [0.1, 0.15) is 0 Å². The van der Waals surface area contributed by atoms with E-state index in [0.717, 1.165) is 28.3 Å². The van der Waals surface area contributed by atoms with Crippen molar-refractivity contribution in [2.24, 2.45) is 0 Å². The van der Waals surface area contributed by atoms with Crippen molar-refractivity contribution in [3.63, 3.8) is 0 Å². The van der Waals surface area contributed by atoms with Gasteiger partial charge in [0, 0.05) is 34.3 Å². The Hall–Kier alpha value is -5.29. The zero-order chi connectivity index (χ0) is 25.7. The molecule has 0 aliphatic carbocycles. The first-order valence-corrected chi connectivity index (χ1v) is 12.4. The van der Waals surface area contributed by atoms with Crippen molar-refractivity contribution in [1.82, 2.24) is 15.0 Å². The van der Waals surface area contributed by atoms with Crippen molar-refractivity contribution in [2.75, 3.05) is 4.90 Å². The minimum atomic E-state index is 0.162. The molecule has 0 saturated carbocycles. The second-order valence-corrected chi connectivity index (χ2v) is 8.74. The van der Waals surface area contributed by atoms with Gasteiger partial charge in [0.05, 0.1) is 17.6 Å². The molecule has 0 fully saturated rings. The molecule has 2 aromatic heterocycles. The number of nitrogens with zero attached hydrogens (tertiary/aromatic N) is 4. The highest BCUT2D eigenvalue weighted by molar-refractivity contribution is 5.83. The lowest BCUT2D eigenvalue weighted by Gasteiger charge is -2.24. The highest BCUT2D eigenvalue weighted by Gasteiger charge is 2.18. The fraction of sp³-hybridized carbons (Fsp3) is 0. The molecule has 0 radical (unpaired) electrons. The quantitative estimate of drug-likeness (QED) is 0.255. The Labute approximate surface area is 221 Å². The molecule has 0 unspecified atom stereocenters. The van der Waals surface area contributed by atoms with Crippen LogP contribution in [0.25, 0.3) is 33.8 Å². The summed E-state index contributed by atoms with van der Waals surface area (Å²) in [7, 11) is 0. The fourth-order valence-electron chi connectivity index (χ4n) is 4.48. The van der Waals surface area contributed by atoms with Crippen molar-refractivity contribution < 1.29 is 5.11 Å². The zero-order valence-electron chi connectivity index (χ0n) is 20.5. The van der Waals surface area contributed by atoms with E-state index in [0.29, 0.717) is 22.6 Å². The zero-order valence-corrected chi connectivity index (χ0v) is 20.5. The smallest absolute Gasteiger partial charge is 0.137 e. The summed E-state index contributed by atoms with van der Waals surface area (Å²) in [5, 5.41) is 10.7. The summed E-state index contributed by atoms with van der Waals surface area (Å²) < 4.78 is 0. The molecule has 0 bridgehead atoms. The van der Waals surface area contributed by atoms with Gasteiger partial charge in [-0.05, 0) is 48.5 Å². The first kappa shape index (κ1) is 23.1. The average Bonchev–Trinajstić information content (AvgIpc) is 2.99. The normalized spacial score (nSPS) is 10.7. The third-order valence-electron chi connectivity index (χ3n) is 6.27. The Morgan fingerprint density at radius 1 is 0.553 bits per heavy atom. The van der Waals surface area contributed by atoms with Gasteiger partial charge in [0.15, 0.2) is 0 Å². The van der Waals surface area contributed by atoms with Crippen LogP contribution in [0.15, 0.2) is 140 Å². The summed E-state index contributed by atoms with van der Waals surface area (Å²) in [5.41, 5.74) is 6.48. The number of benzene rings is 4. The van der Waals surface area contributed by atoms with Crippen molar-refractivity contribution in [1.29, 1.82) is 0 Å². The number of hydrogen-bond acceptors (Lipinski definition) is 5. The molecular formula is C33H24N4O. The van der Waals surface area contributed by atoms with E-state index < -0.39 is 0 Å². The fourth-order valence-corrected chi connectivity index (χ4v) is 4.48. The number of hydrogen-bond donors (Lipinski definition) is 1. The summed E-state index contributed by atoms with van der Waals surface area (Å²) in [5.74, 6) is 0.978. The molecule has 0 aliphatic rings. The van der Waals surface area contributed by atoms with Gasteiger partial charge in [0.2, 0.25) is 0 Å². The van der Waals surface area contributed by atoms with E-state index in [2.05, 4.69) is 34.1 Å². The molecule has 38 heavy (non-hydrogen) atoms. The lowest BCUT2D eigenvalue weighted by Crippen LogP contribution is -2.11.